The molecule has 1 aliphatic rings. The van der Waals surface area contributed by atoms with E-state index < -0.39 is 0 Å². The van der Waals surface area contributed by atoms with Gasteiger partial charge in [0.2, 0.25) is 0 Å². The molecule has 2 unspecified atom stereocenters. The summed E-state index contributed by atoms with van der Waals surface area (Å²) >= 11 is 0. The van der Waals surface area contributed by atoms with Crippen LogP contribution in [0.5, 0.6) is 0 Å². The highest BCUT2D eigenvalue weighted by Gasteiger charge is 2.32. The summed E-state index contributed by atoms with van der Waals surface area (Å²) in [4.78, 5) is 11.9. The van der Waals surface area contributed by atoms with Crippen molar-refractivity contribution >= 4 is 11.6 Å². The van der Waals surface area contributed by atoms with Gasteiger partial charge in [-0.1, -0.05) is 26.8 Å². The summed E-state index contributed by atoms with van der Waals surface area (Å²) in [7, 11) is 0. The van der Waals surface area contributed by atoms with Crippen LogP contribution in [0.1, 0.15) is 57.3 Å². The molecule has 1 aliphatic carbocycles. The highest BCUT2D eigenvalue weighted by molar-refractivity contribution is 5.95. The number of carbonyl (C=O) groups is 1. The minimum Gasteiger partial charge on any atom is -0.382 e. The van der Waals surface area contributed by atoms with Gasteiger partial charge in [-0.25, -0.2) is 0 Å². The van der Waals surface area contributed by atoms with Gasteiger partial charge in [0, 0.05) is 23.8 Å². The third-order valence-corrected chi connectivity index (χ3v) is 4.51. The van der Waals surface area contributed by atoms with Gasteiger partial charge in [-0.2, -0.15) is 0 Å². The van der Waals surface area contributed by atoms with Crippen molar-refractivity contribution in [2.24, 2.45) is 11.3 Å². The monoisotopic (exact) mass is 288 g/mol. The molecular formula is C18H28N2O. The fourth-order valence-corrected chi connectivity index (χ4v) is 3.39. The van der Waals surface area contributed by atoms with Gasteiger partial charge in [0.1, 0.15) is 0 Å². The van der Waals surface area contributed by atoms with Gasteiger partial charge in [-0.3, -0.25) is 4.79 Å². The molecule has 0 aromatic heterocycles. The minimum atomic E-state index is -0.000948. The van der Waals surface area contributed by atoms with E-state index in [0.29, 0.717) is 23.9 Å². The van der Waals surface area contributed by atoms with Gasteiger partial charge in [-0.15, -0.1) is 0 Å². The molecular weight excluding hydrogens is 260 g/mol. The summed E-state index contributed by atoms with van der Waals surface area (Å²) in [5.41, 5.74) is 2.24. The van der Waals surface area contributed by atoms with Crippen LogP contribution in [0.4, 0.5) is 5.69 Å². The van der Waals surface area contributed by atoms with Crippen molar-refractivity contribution in [2.75, 3.05) is 11.9 Å². The third kappa shape index (κ3) is 4.23. The van der Waals surface area contributed by atoms with E-state index in [9.17, 15) is 4.79 Å². The number of hydrogen-bond donors (Lipinski definition) is 2. The van der Waals surface area contributed by atoms with Crippen molar-refractivity contribution in [2.45, 2.75) is 53.0 Å². The zero-order valence-electron chi connectivity index (χ0n) is 13.7. The average Bonchev–Trinajstić information content (AvgIpc) is 2.42. The summed E-state index contributed by atoms with van der Waals surface area (Å²) in [6.07, 6.45) is 3.70. The first-order valence-corrected chi connectivity index (χ1v) is 8.06. The number of benzene rings is 1. The van der Waals surface area contributed by atoms with Crippen molar-refractivity contribution in [1.29, 1.82) is 0 Å². The minimum absolute atomic E-state index is 0.000948. The molecule has 0 saturated heterocycles. The highest BCUT2D eigenvalue weighted by Crippen LogP contribution is 2.39. The molecule has 3 heteroatoms. The zero-order valence-corrected chi connectivity index (χ0v) is 13.7. The quantitative estimate of drug-likeness (QED) is 0.877. The average molecular weight is 288 g/mol. The number of rotatable bonds is 4. The maximum absolute atomic E-state index is 11.9. The van der Waals surface area contributed by atoms with Crippen LogP contribution in [-0.4, -0.2) is 18.5 Å². The second-order valence-corrected chi connectivity index (χ2v) is 7.08. The fraction of sp³-hybridized carbons (Fsp3) is 0.611. The molecule has 2 atom stereocenters. The Morgan fingerprint density at radius 2 is 2.14 bits per heavy atom. The van der Waals surface area contributed by atoms with E-state index in [1.807, 2.05) is 25.1 Å². The van der Waals surface area contributed by atoms with E-state index in [-0.39, 0.29) is 5.91 Å². The Morgan fingerprint density at radius 1 is 1.38 bits per heavy atom. The lowest BCUT2D eigenvalue weighted by Crippen LogP contribution is -2.36. The Balaban J connectivity index is 2.03. The molecule has 0 aliphatic heterocycles. The predicted molar refractivity (Wildman–Crippen MR) is 88.7 cm³/mol. The van der Waals surface area contributed by atoms with Crippen LogP contribution in [0, 0.1) is 11.3 Å². The summed E-state index contributed by atoms with van der Waals surface area (Å²) in [5, 5.41) is 6.47. The number of amides is 1. The first kappa shape index (κ1) is 15.9. The SMILES string of the molecule is CCNC(=O)c1cccc(NC2CCC(C)(C)CC2C)c1. The second-order valence-electron chi connectivity index (χ2n) is 7.08. The molecule has 1 amide bonds. The molecule has 0 bridgehead atoms. The van der Waals surface area contributed by atoms with Gasteiger partial charge < -0.3 is 10.6 Å². The standard InChI is InChI=1S/C18H28N2O/c1-5-19-17(21)14-7-6-8-15(11-14)20-16-9-10-18(3,4)12-13(16)2/h6-8,11,13,16,20H,5,9-10,12H2,1-4H3,(H,19,21). The lowest BCUT2D eigenvalue weighted by atomic mass is 9.70. The predicted octanol–water partition coefficient (Wildman–Crippen LogP) is 4.06. The first-order chi connectivity index (χ1) is 9.91. The number of hydrogen-bond acceptors (Lipinski definition) is 2. The summed E-state index contributed by atoms with van der Waals surface area (Å²) < 4.78 is 0. The summed E-state index contributed by atoms with van der Waals surface area (Å²) in [6.45, 7) is 9.63. The van der Waals surface area contributed by atoms with Gasteiger partial charge in [-0.05, 0) is 55.7 Å². The van der Waals surface area contributed by atoms with Crippen LogP contribution >= 0.6 is 0 Å². The van der Waals surface area contributed by atoms with Gasteiger partial charge >= 0.3 is 0 Å². The normalized spacial score (nSPS) is 24.4. The first-order valence-electron chi connectivity index (χ1n) is 8.06. The smallest absolute Gasteiger partial charge is 0.251 e. The topological polar surface area (TPSA) is 41.1 Å². The molecule has 1 saturated carbocycles. The number of nitrogens with one attached hydrogen (secondary N) is 2. The van der Waals surface area contributed by atoms with Crippen LogP contribution in [0.2, 0.25) is 0 Å². The van der Waals surface area contributed by atoms with Crippen molar-refractivity contribution in [3.05, 3.63) is 29.8 Å². The van der Waals surface area contributed by atoms with Gasteiger partial charge in [0.15, 0.2) is 0 Å². The molecule has 0 radical (unpaired) electrons. The molecule has 2 rings (SSSR count). The van der Waals surface area contributed by atoms with E-state index >= 15 is 0 Å². The van der Waals surface area contributed by atoms with Crippen LogP contribution in [0.15, 0.2) is 24.3 Å². The molecule has 1 aromatic carbocycles. The maximum Gasteiger partial charge on any atom is 0.251 e. The number of carbonyl (C=O) groups excluding carboxylic acids is 1. The van der Waals surface area contributed by atoms with E-state index in [4.69, 9.17) is 0 Å². The molecule has 0 spiro atoms. The van der Waals surface area contributed by atoms with Crippen LogP contribution in [0.25, 0.3) is 0 Å². The number of anilines is 1. The van der Waals surface area contributed by atoms with Crippen molar-refractivity contribution in [3.8, 4) is 0 Å². The molecule has 3 nitrogen and oxygen atoms in total. The fourth-order valence-electron chi connectivity index (χ4n) is 3.39. The van der Waals surface area contributed by atoms with Crippen molar-refractivity contribution in [3.63, 3.8) is 0 Å². The molecule has 0 heterocycles. The highest BCUT2D eigenvalue weighted by atomic mass is 16.1. The molecule has 1 fully saturated rings. The maximum atomic E-state index is 11.9. The Morgan fingerprint density at radius 3 is 2.81 bits per heavy atom. The van der Waals surface area contributed by atoms with E-state index in [0.717, 1.165) is 11.3 Å². The summed E-state index contributed by atoms with van der Waals surface area (Å²) in [6, 6.07) is 8.32. The van der Waals surface area contributed by atoms with E-state index in [1.54, 1.807) is 0 Å². The lowest BCUT2D eigenvalue weighted by Gasteiger charge is -2.40. The van der Waals surface area contributed by atoms with Crippen molar-refractivity contribution in [1.82, 2.24) is 5.32 Å². The summed E-state index contributed by atoms with van der Waals surface area (Å²) in [5.74, 6) is 0.654. The zero-order chi connectivity index (χ0) is 15.5. The largest absolute Gasteiger partial charge is 0.382 e. The van der Waals surface area contributed by atoms with Gasteiger partial charge in [0.25, 0.3) is 5.91 Å². The van der Waals surface area contributed by atoms with Crippen LogP contribution in [0.3, 0.4) is 0 Å². The van der Waals surface area contributed by atoms with Crippen molar-refractivity contribution < 1.29 is 4.79 Å². The van der Waals surface area contributed by atoms with Gasteiger partial charge in [0.05, 0.1) is 0 Å². The third-order valence-electron chi connectivity index (χ3n) is 4.51. The lowest BCUT2D eigenvalue weighted by molar-refractivity contribution is 0.0956. The van der Waals surface area contributed by atoms with Crippen LogP contribution in [-0.2, 0) is 0 Å². The molecule has 1 aromatic rings. The Hall–Kier alpha value is -1.51. The van der Waals surface area contributed by atoms with E-state index in [1.165, 1.54) is 19.3 Å². The Bertz CT molecular complexity index is 496. The second kappa shape index (κ2) is 6.50. The van der Waals surface area contributed by atoms with Crippen LogP contribution < -0.4 is 10.6 Å². The Labute approximate surface area is 128 Å². The molecule has 2 N–H and O–H groups in total. The molecule has 21 heavy (non-hydrogen) atoms. The van der Waals surface area contributed by atoms with E-state index in [2.05, 4.69) is 37.5 Å². The molecule has 116 valence electrons. The Kier molecular flexibility index (Phi) is 4.92.